The molecule has 0 spiro atoms. The maximum absolute atomic E-state index is 6.14. The van der Waals surface area contributed by atoms with Crippen molar-refractivity contribution in [2.45, 2.75) is 44.6 Å². The third-order valence-corrected chi connectivity index (χ3v) is 7.46. The van der Waals surface area contributed by atoms with Crippen molar-refractivity contribution < 1.29 is 4.42 Å². The number of hydrogen-bond acceptors (Lipinski definition) is 2. The molecule has 140 valence electrons. The zero-order valence-electron chi connectivity index (χ0n) is 16.7. The fraction of sp³-hybridized carbons (Fsp3) is 0.308. The molecule has 28 heavy (non-hydrogen) atoms. The summed E-state index contributed by atoms with van der Waals surface area (Å²) in [7, 11) is 0. The number of aryl methyl sites for hydroxylation is 1. The van der Waals surface area contributed by atoms with Gasteiger partial charge in [-0.15, -0.1) is 0 Å². The molecule has 0 amide bonds. The van der Waals surface area contributed by atoms with Crippen LogP contribution in [0.1, 0.15) is 42.9 Å². The zero-order valence-corrected chi connectivity index (χ0v) is 16.7. The highest BCUT2D eigenvalue weighted by molar-refractivity contribution is 6.05. The van der Waals surface area contributed by atoms with E-state index in [4.69, 9.17) is 4.42 Å². The molecule has 2 heteroatoms. The molecule has 1 fully saturated rings. The average Bonchev–Trinajstić information content (AvgIpc) is 3.05. The Balaban J connectivity index is 1.61. The number of piperidine rings is 1. The van der Waals surface area contributed by atoms with Crippen molar-refractivity contribution >= 4 is 27.6 Å². The lowest BCUT2D eigenvalue weighted by Crippen LogP contribution is -2.57. The monoisotopic (exact) mass is 367 g/mol. The summed E-state index contributed by atoms with van der Waals surface area (Å²) in [5.74, 6) is 0.481. The molecule has 2 unspecified atom stereocenters. The second-order valence-corrected chi connectivity index (χ2v) is 8.90. The molecule has 2 nitrogen and oxygen atoms in total. The van der Waals surface area contributed by atoms with Crippen LogP contribution in [-0.2, 0) is 5.41 Å². The minimum absolute atomic E-state index is 0.169. The number of para-hydroxylation sites is 2. The van der Waals surface area contributed by atoms with Gasteiger partial charge in [0.25, 0.3) is 0 Å². The summed E-state index contributed by atoms with van der Waals surface area (Å²) in [4.78, 5) is 2.63. The Bertz CT molecular complexity index is 1240. The lowest BCUT2D eigenvalue weighted by atomic mass is 9.58. The number of hydrogen-bond donors (Lipinski definition) is 0. The predicted octanol–water partition coefficient (Wildman–Crippen LogP) is 6.55. The number of nitrogens with zero attached hydrogens (tertiary/aromatic N) is 1. The van der Waals surface area contributed by atoms with Gasteiger partial charge in [0.05, 0.1) is 0 Å². The van der Waals surface area contributed by atoms with Gasteiger partial charge in [-0.25, -0.2) is 0 Å². The quantitative estimate of drug-likeness (QED) is 0.379. The van der Waals surface area contributed by atoms with E-state index in [0.29, 0.717) is 12.0 Å². The largest absolute Gasteiger partial charge is 0.456 e. The number of anilines is 1. The standard InChI is InChI=1S/C26H25NO/c1-16-14-24-20(18-8-4-7-11-23(18)28-24)15-19(16)25-17(2)27-13-12-26(25,3)21-9-5-6-10-22(21)27/h4-11,14-15,17,25H,12-13H2,1-3H3/t17-,25?,26?/m1/s1. The minimum atomic E-state index is 0.169. The number of rotatable bonds is 1. The summed E-state index contributed by atoms with van der Waals surface area (Å²) in [5.41, 5.74) is 7.93. The van der Waals surface area contributed by atoms with E-state index in [1.165, 1.54) is 39.6 Å². The fourth-order valence-corrected chi connectivity index (χ4v) is 6.10. The first-order valence-electron chi connectivity index (χ1n) is 10.4. The van der Waals surface area contributed by atoms with Crippen molar-refractivity contribution in [1.82, 2.24) is 0 Å². The molecule has 0 saturated carbocycles. The van der Waals surface area contributed by atoms with Gasteiger partial charge in [0.2, 0.25) is 0 Å². The van der Waals surface area contributed by atoms with Gasteiger partial charge in [0, 0.05) is 40.4 Å². The third kappa shape index (κ3) is 1.93. The first-order valence-corrected chi connectivity index (χ1v) is 10.4. The Morgan fingerprint density at radius 3 is 2.64 bits per heavy atom. The Labute approximate surface area is 165 Å². The van der Waals surface area contributed by atoms with Crippen LogP contribution in [0.25, 0.3) is 21.9 Å². The van der Waals surface area contributed by atoms with Crippen molar-refractivity contribution in [3.63, 3.8) is 0 Å². The van der Waals surface area contributed by atoms with Gasteiger partial charge in [-0.3, -0.25) is 0 Å². The molecule has 3 atom stereocenters. The van der Waals surface area contributed by atoms with Gasteiger partial charge < -0.3 is 9.32 Å². The van der Waals surface area contributed by atoms with E-state index in [9.17, 15) is 0 Å². The van der Waals surface area contributed by atoms with E-state index in [2.05, 4.69) is 80.3 Å². The normalized spacial score (nSPS) is 26.2. The van der Waals surface area contributed by atoms with Gasteiger partial charge in [-0.05, 0) is 61.2 Å². The zero-order chi connectivity index (χ0) is 19.0. The second kappa shape index (κ2) is 5.41. The van der Waals surface area contributed by atoms with Gasteiger partial charge in [0.15, 0.2) is 0 Å². The van der Waals surface area contributed by atoms with Crippen LogP contribution in [0.4, 0.5) is 5.69 Å². The highest BCUT2D eigenvalue weighted by Gasteiger charge is 2.51. The van der Waals surface area contributed by atoms with Crippen LogP contribution in [0.15, 0.2) is 65.1 Å². The van der Waals surface area contributed by atoms with Crippen LogP contribution >= 0.6 is 0 Å². The molecule has 0 N–H and O–H groups in total. The predicted molar refractivity (Wildman–Crippen MR) is 116 cm³/mol. The number of furan rings is 1. The van der Waals surface area contributed by atoms with Crippen molar-refractivity contribution in [1.29, 1.82) is 0 Å². The summed E-state index contributed by atoms with van der Waals surface area (Å²) in [6.07, 6.45) is 1.21. The Morgan fingerprint density at radius 1 is 0.964 bits per heavy atom. The van der Waals surface area contributed by atoms with E-state index in [1.54, 1.807) is 0 Å². The highest BCUT2D eigenvalue weighted by Crippen LogP contribution is 2.57. The maximum atomic E-state index is 6.14. The Morgan fingerprint density at radius 2 is 1.75 bits per heavy atom. The maximum Gasteiger partial charge on any atom is 0.135 e. The summed E-state index contributed by atoms with van der Waals surface area (Å²) in [5, 5.41) is 2.47. The van der Waals surface area contributed by atoms with E-state index in [1.807, 2.05) is 6.07 Å². The smallest absolute Gasteiger partial charge is 0.135 e. The molecule has 0 aliphatic carbocycles. The number of benzene rings is 3. The molecular weight excluding hydrogens is 342 g/mol. The molecule has 1 aromatic heterocycles. The van der Waals surface area contributed by atoms with Crippen molar-refractivity contribution in [3.05, 3.63) is 77.4 Å². The molecule has 7 rings (SSSR count). The Kier molecular flexibility index (Phi) is 3.14. The van der Waals surface area contributed by atoms with Crippen LogP contribution in [0, 0.1) is 6.92 Å². The van der Waals surface area contributed by atoms with Crippen LogP contribution in [-0.4, -0.2) is 12.6 Å². The first kappa shape index (κ1) is 16.2. The van der Waals surface area contributed by atoms with Crippen LogP contribution in [0.5, 0.6) is 0 Å². The molecule has 4 aromatic rings. The fourth-order valence-electron chi connectivity index (χ4n) is 6.10. The molecule has 4 heterocycles. The topological polar surface area (TPSA) is 16.4 Å². The molecule has 3 aliphatic heterocycles. The molecule has 0 radical (unpaired) electrons. The summed E-state index contributed by atoms with van der Waals surface area (Å²) >= 11 is 0. The van der Waals surface area contributed by atoms with Crippen LogP contribution in [0.3, 0.4) is 0 Å². The highest BCUT2D eigenvalue weighted by atomic mass is 16.3. The first-order chi connectivity index (χ1) is 13.6. The van der Waals surface area contributed by atoms with Crippen molar-refractivity contribution in [3.8, 4) is 0 Å². The van der Waals surface area contributed by atoms with E-state index in [0.717, 1.165) is 17.7 Å². The van der Waals surface area contributed by atoms with Gasteiger partial charge in [0.1, 0.15) is 11.2 Å². The third-order valence-electron chi connectivity index (χ3n) is 7.46. The van der Waals surface area contributed by atoms with E-state index < -0.39 is 0 Å². The minimum Gasteiger partial charge on any atom is -0.456 e. The Hall–Kier alpha value is -2.74. The van der Waals surface area contributed by atoms with Crippen LogP contribution < -0.4 is 4.90 Å². The van der Waals surface area contributed by atoms with E-state index in [-0.39, 0.29) is 5.41 Å². The molecule has 1 saturated heterocycles. The van der Waals surface area contributed by atoms with E-state index >= 15 is 0 Å². The van der Waals surface area contributed by atoms with Gasteiger partial charge in [-0.1, -0.05) is 43.3 Å². The molecule has 3 aliphatic rings. The summed E-state index contributed by atoms with van der Waals surface area (Å²) in [6.45, 7) is 8.30. The second-order valence-electron chi connectivity index (χ2n) is 8.90. The molecular formula is C26H25NO. The number of fused-ring (bicyclic) bond motifs is 5. The van der Waals surface area contributed by atoms with Gasteiger partial charge in [-0.2, -0.15) is 0 Å². The molecule has 2 bridgehead atoms. The van der Waals surface area contributed by atoms with Gasteiger partial charge >= 0.3 is 0 Å². The van der Waals surface area contributed by atoms with Crippen molar-refractivity contribution in [2.24, 2.45) is 0 Å². The lowest BCUT2D eigenvalue weighted by molar-refractivity contribution is 0.243. The van der Waals surface area contributed by atoms with Crippen molar-refractivity contribution in [2.75, 3.05) is 11.4 Å². The average molecular weight is 367 g/mol. The lowest BCUT2D eigenvalue weighted by Gasteiger charge is -2.58. The van der Waals surface area contributed by atoms with Crippen LogP contribution in [0.2, 0.25) is 0 Å². The SMILES string of the molecule is Cc1cc2oc3ccccc3c2cc1C1[C@@H](C)N2CCC1(C)c1ccccc12. The molecule has 3 aromatic carbocycles. The summed E-state index contributed by atoms with van der Waals surface area (Å²) < 4.78 is 6.14. The summed E-state index contributed by atoms with van der Waals surface area (Å²) in [6, 6.07) is 22.6.